The van der Waals surface area contributed by atoms with Gasteiger partial charge in [-0.3, -0.25) is 10.1 Å². The number of esters is 1. The van der Waals surface area contributed by atoms with Gasteiger partial charge in [0.15, 0.2) is 6.61 Å². The van der Waals surface area contributed by atoms with Crippen LogP contribution in [0.2, 0.25) is 0 Å². The lowest BCUT2D eigenvalue weighted by Crippen LogP contribution is -2.34. The SMILES string of the molecule is COC(=O)COc1ccc(NC(=O)NC(=O)c2ccc(C(N)=S)cc2)cc1. The minimum absolute atomic E-state index is 0.216. The molecule has 0 aliphatic rings. The summed E-state index contributed by atoms with van der Waals surface area (Å²) < 4.78 is 9.66. The lowest BCUT2D eigenvalue weighted by atomic mass is 10.1. The number of benzene rings is 2. The summed E-state index contributed by atoms with van der Waals surface area (Å²) in [6.45, 7) is -0.216. The number of ether oxygens (including phenoxy) is 2. The molecule has 0 aromatic heterocycles. The topological polar surface area (TPSA) is 120 Å². The minimum atomic E-state index is -0.693. The van der Waals surface area contributed by atoms with Crippen molar-refractivity contribution < 1.29 is 23.9 Å². The molecule has 0 fully saturated rings. The van der Waals surface area contributed by atoms with Crippen LogP contribution in [0.4, 0.5) is 10.5 Å². The first kappa shape index (κ1) is 19.9. The van der Waals surface area contributed by atoms with E-state index in [0.717, 1.165) is 0 Å². The van der Waals surface area contributed by atoms with Gasteiger partial charge >= 0.3 is 12.0 Å². The van der Waals surface area contributed by atoms with Gasteiger partial charge in [0.05, 0.1) is 7.11 Å². The summed E-state index contributed by atoms with van der Waals surface area (Å²) in [5, 5.41) is 4.73. The molecule has 2 aromatic carbocycles. The van der Waals surface area contributed by atoms with Crippen LogP contribution in [0.25, 0.3) is 0 Å². The van der Waals surface area contributed by atoms with E-state index < -0.39 is 17.9 Å². The van der Waals surface area contributed by atoms with Crippen LogP contribution in [0, 0.1) is 0 Å². The van der Waals surface area contributed by atoms with Gasteiger partial charge in [0.1, 0.15) is 10.7 Å². The van der Waals surface area contributed by atoms with Crippen LogP contribution >= 0.6 is 12.2 Å². The number of carbonyl (C=O) groups excluding carboxylic acids is 3. The number of anilines is 1. The van der Waals surface area contributed by atoms with Crippen LogP contribution in [-0.4, -0.2) is 36.6 Å². The predicted molar refractivity (Wildman–Crippen MR) is 103 cm³/mol. The van der Waals surface area contributed by atoms with Crippen LogP contribution in [0.15, 0.2) is 48.5 Å². The van der Waals surface area contributed by atoms with Crippen LogP contribution in [0.3, 0.4) is 0 Å². The van der Waals surface area contributed by atoms with E-state index >= 15 is 0 Å². The maximum atomic E-state index is 12.1. The highest BCUT2D eigenvalue weighted by molar-refractivity contribution is 7.80. The fourth-order valence-electron chi connectivity index (χ4n) is 1.96. The third-order valence-electron chi connectivity index (χ3n) is 3.36. The van der Waals surface area contributed by atoms with Crippen molar-refractivity contribution in [1.29, 1.82) is 0 Å². The van der Waals surface area contributed by atoms with Gasteiger partial charge in [0, 0.05) is 16.8 Å². The molecule has 0 aliphatic heterocycles. The fourth-order valence-corrected chi connectivity index (χ4v) is 2.10. The first-order valence-corrected chi connectivity index (χ1v) is 8.11. The third-order valence-corrected chi connectivity index (χ3v) is 3.59. The van der Waals surface area contributed by atoms with Crippen molar-refractivity contribution in [3.05, 3.63) is 59.7 Å². The van der Waals surface area contributed by atoms with Crippen LogP contribution in [0.1, 0.15) is 15.9 Å². The predicted octanol–water partition coefficient (Wildman–Crippen LogP) is 1.83. The molecule has 0 saturated heterocycles. The Morgan fingerprint density at radius 2 is 1.59 bits per heavy atom. The molecular formula is C18H17N3O5S. The van der Waals surface area contributed by atoms with E-state index in [1.807, 2.05) is 0 Å². The summed E-state index contributed by atoms with van der Waals surface area (Å²) >= 11 is 4.84. The third kappa shape index (κ3) is 6.08. The summed E-state index contributed by atoms with van der Waals surface area (Å²) in [6, 6.07) is 11.8. The Bertz CT molecular complexity index is 850. The van der Waals surface area contributed by atoms with Gasteiger partial charge in [-0.1, -0.05) is 24.4 Å². The highest BCUT2D eigenvalue weighted by Gasteiger charge is 2.11. The number of hydrogen-bond donors (Lipinski definition) is 3. The number of rotatable bonds is 6. The molecule has 8 nitrogen and oxygen atoms in total. The van der Waals surface area contributed by atoms with E-state index in [9.17, 15) is 14.4 Å². The van der Waals surface area contributed by atoms with E-state index in [1.165, 1.54) is 19.2 Å². The summed E-state index contributed by atoms with van der Waals surface area (Å²) in [4.78, 5) is 35.2. The van der Waals surface area contributed by atoms with Gasteiger partial charge in [0.25, 0.3) is 5.91 Å². The lowest BCUT2D eigenvalue weighted by Gasteiger charge is -2.09. The normalized spacial score (nSPS) is 9.81. The van der Waals surface area contributed by atoms with Gasteiger partial charge < -0.3 is 20.5 Å². The largest absolute Gasteiger partial charge is 0.482 e. The molecule has 0 heterocycles. The summed E-state index contributed by atoms with van der Waals surface area (Å²) in [5.74, 6) is -0.642. The Morgan fingerprint density at radius 3 is 2.15 bits per heavy atom. The maximum absolute atomic E-state index is 12.1. The van der Waals surface area contributed by atoms with E-state index in [4.69, 9.17) is 22.7 Å². The van der Waals surface area contributed by atoms with Gasteiger partial charge in [-0.2, -0.15) is 0 Å². The molecule has 0 aliphatic carbocycles. The molecule has 2 aromatic rings. The monoisotopic (exact) mass is 387 g/mol. The zero-order valence-corrected chi connectivity index (χ0v) is 15.2. The van der Waals surface area contributed by atoms with Crippen LogP contribution in [-0.2, 0) is 9.53 Å². The number of carbonyl (C=O) groups is 3. The zero-order valence-electron chi connectivity index (χ0n) is 14.4. The molecule has 0 spiro atoms. The van der Waals surface area contributed by atoms with Gasteiger partial charge in [-0.25, -0.2) is 9.59 Å². The van der Waals surface area contributed by atoms with E-state index in [1.54, 1.807) is 36.4 Å². The molecule has 3 amide bonds. The second-order valence-corrected chi connectivity index (χ2v) is 5.68. The van der Waals surface area contributed by atoms with Crippen molar-refractivity contribution >= 4 is 40.8 Å². The molecule has 140 valence electrons. The van der Waals surface area contributed by atoms with Crippen molar-refractivity contribution in [3.8, 4) is 5.75 Å². The van der Waals surface area contributed by atoms with E-state index in [2.05, 4.69) is 15.4 Å². The van der Waals surface area contributed by atoms with Crippen molar-refractivity contribution in [2.24, 2.45) is 5.73 Å². The molecular weight excluding hydrogens is 370 g/mol. The second-order valence-electron chi connectivity index (χ2n) is 5.24. The van der Waals surface area contributed by atoms with Gasteiger partial charge in [-0.15, -0.1) is 0 Å². The first-order valence-electron chi connectivity index (χ1n) is 7.71. The van der Waals surface area contributed by atoms with Crippen LogP contribution < -0.4 is 21.1 Å². The van der Waals surface area contributed by atoms with E-state index in [-0.39, 0.29) is 17.2 Å². The number of urea groups is 1. The average molecular weight is 387 g/mol. The second kappa shape index (κ2) is 9.30. The highest BCUT2D eigenvalue weighted by atomic mass is 32.1. The molecule has 27 heavy (non-hydrogen) atoms. The van der Waals surface area contributed by atoms with Crippen LogP contribution in [0.5, 0.6) is 5.75 Å². The molecule has 0 atom stereocenters. The van der Waals surface area contributed by atoms with Crippen molar-refractivity contribution in [3.63, 3.8) is 0 Å². The summed E-state index contributed by atoms with van der Waals surface area (Å²) in [5.41, 5.74) is 6.85. The van der Waals surface area contributed by atoms with Crippen molar-refractivity contribution in [1.82, 2.24) is 5.32 Å². The van der Waals surface area contributed by atoms with Crippen molar-refractivity contribution in [2.75, 3.05) is 19.0 Å². The Kier molecular flexibility index (Phi) is 6.84. The Morgan fingerprint density at radius 1 is 1.00 bits per heavy atom. The van der Waals surface area contributed by atoms with Crippen molar-refractivity contribution in [2.45, 2.75) is 0 Å². The highest BCUT2D eigenvalue weighted by Crippen LogP contribution is 2.15. The zero-order chi connectivity index (χ0) is 19.8. The average Bonchev–Trinajstić information content (AvgIpc) is 2.67. The number of nitrogens with one attached hydrogen (secondary N) is 2. The summed E-state index contributed by atoms with van der Waals surface area (Å²) in [7, 11) is 1.26. The number of methoxy groups -OCH3 is 1. The molecule has 9 heteroatoms. The molecule has 0 unspecified atom stereocenters. The Labute approximate surface area is 160 Å². The fraction of sp³-hybridized carbons (Fsp3) is 0.111. The molecule has 0 bridgehead atoms. The smallest absolute Gasteiger partial charge is 0.343 e. The van der Waals surface area contributed by atoms with Gasteiger partial charge in [0.2, 0.25) is 0 Å². The molecule has 0 radical (unpaired) electrons. The van der Waals surface area contributed by atoms with E-state index in [0.29, 0.717) is 17.0 Å². The first-order chi connectivity index (χ1) is 12.9. The molecule has 0 saturated carbocycles. The number of thiocarbonyl (C=S) groups is 1. The molecule has 2 rings (SSSR count). The molecule has 4 N–H and O–H groups in total. The minimum Gasteiger partial charge on any atom is -0.482 e. The van der Waals surface area contributed by atoms with Gasteiger partial charge in [-0.05, 0) is 36.4 Å². The number of amides is 3. The maximum Gasteiger partial charge on any atom is 0.343 e. The number of nitrogens with two attached hydrogens (primary N) is 1. The lowest BCUT2D eigenvalue weighted by molar-refractivity contribution is -0.142. The Hall–Kier alpha value is -3.46. The number of imide groups is 1. The quantitative estimate of drug-likeness (QED) is 0.511. The number of hydrogen-bond acceptors (Lipinski definition) is 6. The standard InChI is InChI=1S/C18H17N3O5S/c1-25-15(22)10-26-14-8-6-13(7-9-14)20-18(24)21-17(23)12-4-2-11(3-5-12)16(19)27/h2-9H,10H2,1H3,(H2,19,27)(H2,20,21,23,24). The Balaban J connectivity index is 1.88. The summed E-state index contributed by atoms with van der Waals surface area (Å²) in [6.07, 6.45) is 0.